The number of amides is 1. The highest BCUT2D eigenvalue weighted by atomic mass is 19.1. The Morgan fingerprint density at radius 2 is 2.25 bits per heavy atom. The van der Waals surface area contributed by atoms with Gasteiger partial charge in [-0.25, -0.2) is 9.07 Å². The molecule has 2 aromatic rings. The van der Waals surface area contributed by atoms with Crippen LogP contribution < -0.4 is 5.32 Å². The molecule has 0 aliphatic rings. The second kappa shape index (κ2) is 5.64. The molecule has 2 rings (SSSR count). The van der Waals surface area contributed by atoms with Crippen LogP contribution in [0.4, 0.5) is 4.39 Å². The van der Waals surface area contributed by atoms with Crippen LogP contribution in [0.5, 0.6) is 0 Å². The van der Waals surface area contributed by atoms with E-state index >= 15 is 0 Å². The fraction of sp³-hybridized carbons (Fsp3) is 0.214. The van der Waals surface area contributed by atoms with Crippen molar-refractivity contribution >= 4 is 5.91 Å². The van der Waals surface area contributed by atoms with Crippen molar-refractivity contribution in [1.29, 1.82) is 0 Å². The molecule has 1 aromatic heterocycles. The van der Waals surface area contributed by atoms with Crippen molar-refractivity contribution in [2.24, 2.45) is 0 Å². The molecular formula is C14H15FN4O. The topological polar surface area (TPSA) is 59.8 Å². The van der Waals surface area contributed by atoms with Gasteiger partial charge in [-0.3, -0.25) is 4.79 Å². The number of carbonyl (C=O) groups is 1. The first-order chi connectivity index (χ1) is 9.54. The van der Waals surface area contributed by atoms with Crippen LogP contribution in [-0.4, -0.2) is 27.4 Å². The quantitative estimate of drug-likeness (QED) is 0.867. The molecule has 0 fully saturated rings. The number of carbonyl (C=O) groups excluding carboxylic acids is 1. The Morgan fingerprint density at radius 3 is 2.90 bits per heavy atom. The summed E-state index contributed by atoms with van der Waals surface area (Å²) < 4.78 is 15.0. The molecule has 1 aromatic carbocycles. The van der Waals surface area contributed by atoms with Crippen molar-refractivity contribution in [2.45, 2.75) is 13.8 Å². The molecular weight excluding hydrogens is 259 g/mol. The summed E-state index contributed by atoms with van der Waals surface area (Å²) in [6.07, 6.45) is 1.58. The van der Waals surface area contributed by atoms with Crippen molar-refractivity contribution in [1.82, 2.24) is 20.3 Å². The normalized spacial score (nSPS) is 10.3. The molecule has 0 aliphatic carbocycles. The smallest absolute Gasteiger partial charge is 0.274 e. The summed E-state index contributed by atoms with van der Waals surface area (Å²) in [6.45, 7) is 7.26. The second-order valence-corrected chi connectivity index (χ2v) is 4.37. The molecule has 1 amide bonds. The number of benzene rings is 1. The van der Waals surface area contributed by atoms with E-state index in [1.54, 1.807) is 32.1 Å². The zero-order valence-electron chi connectivity index (χ0n) is 11.4. The zero-order valence-corrected chi connectivity index (χ0v) is 11.4. The molecule has 0 saturated carbocycles. The summed E-state index contributed by atoms with van der Waals surface area (Å²) >= 11 is 0. The Hall–Kier alpha value is -2.50. The third-order valence-corrected chi connectivity index (χ3v) is 2.92. The maximum absolute atomic E-state index is 13.6. The number of nitrogens with zero attached hydrogens (tertiary/aromatic N) is 3. The molecule has 0 bridgehead atoms. The minimum atomic E-state index is -0.332. The average molecular weight is 274 g/mol. The van der Waals surface area contributed by atoms with Gasteiger partial charge in [0.05, 0.1) is 11.4 Å². The molecule has 0 saturated heterocycles. The first kappa shape index (κ1) is 13.9. The molecule has 6 heteroatoms. The Labute approximate surface area is 116 Å². The molecule has 0 aliphatic heterocycles. The lowest BCUT2D eigenvalue weighted by Gasteiger charge is -2.05. The van der Waals surface area contributed by atoms with Crippen LogP contribution in [0.3, 0.4) is 0 Å². The van der Waals surface area contributed by atoms with Crippen LogP contribution in [0, 0.1) is 19.7 Å². The lowest BCUT2D eigenvalue weighted by atomic mass is 10.2. The van der Waals surface area contributed by atoms with Gasteiger partial charge < -0.3 is 5.32 Å². The van der Waals surface area contributed by atoms with Crippen molar-refractivity contribution in [2.75, 3.05) is 6.54 Å². The van der Waals surface area contributed by atoms with Gasteiger partial charge in [-0.2, -0.15) is 0 Å². The molecule has 104 valence electrons. The predicted molar refractivity (Wildman–Crippen MR) is 73.3 cm³/mol. The van der Waals surface area contributed by atoms with Crippen molar-refractivity contribution in [3.63, 3.8) is 0 Å². The summed E-state index contributed by atoms with van der Waals surface area (Å²) in [4.78, 5) is 11.8. The third kappa shape index (κ3) is 2.59. The van der Waals surface area contributed by atoms with E-state index in [-0.39, 0.29) is 17.4 Å². The highest BCUT2D eigenvalue weighted by Crippen LogP contribution is 2.15. The summed E-state index contributed by atoms with van der Waals surface area (Å²) in [6, 6.07) is 4.75. The van der Waals surface area contributed by atoms with E-state index in [4.69, 9.17) is 0 Å². The van der Waals surface area contributed by atoms with Gasteiger partial charge in [0.1, 0.15) is 5.82 Å². The highest BCUT2D eigenvalue weighted by molar-refractivity contribution is 5.93. The van der Waals surface area contributed by atoms with E-state index in [9.17, 15) is 9.18 Å². The fourth-order valence-corrected chi connectivity index (χ4v) is 1.75. The number of halogens is 1. The van der Waals surface area contributed by atoms with Crippen molar-refractivity contribution in [3.05, 3.63) is 53.6 Å². The molecule has 0 unspecified atom stereocenters. The Balaban J connectivity index is 2.35. The van der Waals surface area contributed by atoms with Gasteiger partial charge in [0, 0.05) is 6.54 Å². The molecule has 1 heterocycles. The first-order valence-corrected chi connectivity index (χ1v) is 6.12. The van der Waals surface area contributed by atoms with Crippen LogP contribution in [0.1, 0.15) is 21.7 Å². The fourth-order valence-electron chi connectivity index (χ4n) is 1.75. The van der Waals surface area contributed by atoms with Crippen LogP contribution >= 0.6 is 0 Å². The van der Waals surface area contributed by atoms with Gasteiger partial charge in [-0.05, 0) is 31.5 Å². The van der Waals surface area contributed by atoms with E-state index in [2.05, 4.69) is 22.2 Å². The minimum absolute atomic E-state index is 0.216. The Morgan fingerprint density at radius 1 is 1.50 bits per heavy atom. The van der Waals surface area contributed by atoms with E-state index < -0.39 is 0 Å². The predicted octanol–water partition coefficient (Wildman–Crippen LogP) is 1.94. The van der Waals surface area contributed by atoms with Gasteiger partial charge >= 0.3 is 0 Å². The maximum Gasteiger partial charge on any atom is 0.274 e. The molecule has 0 atom stereocenters. The highest BCUT2D eigenvalue weighted by Gasteiger charge is 2.17. The van der Waals surface area contributed by atoms with E-state index in [1.165, 1.54) is 10.7 Å². The van der Waals surface area contributed by atoms with Crippen LogP contribution in [0.2, 0.25) is 0 Å². The molecule has 5 nitrogen and oxygen atoms in total. The summed E-state index contributed by atoms with van der Waals surface area (Å²) in [5, 5.41) is 10.4. The van der Waals surface area contributed by atoms with E-state index in [0.717, 1.165) is 0 Å². The van der Waals surface area contributed by atoms with Crippen molar-refractivity contribution in [3.8, 4) is 5.69 Å². The van der Waals surface area contributed by atoms with Crippen LogP contribution in [-0.2, 0) is 0 Å². The Kier molecular flexibility index (Phi) is 3.93. The van der Waals surface area contributed by atoms with Crippen LogP contribution in [0.15, 0.2) is 30.9 Å². The van der Waals surface area contributed by atoms with Crippen molar-refractivity contribution < 1.29 is 9.18 Å². The maximum atomic E-state index is 13.6. The number of hydrogen-bond donors (Lipinski definition) is 1. The standard InChI is InChI=1S/C14H15FN4O/c1-4-7-16-14(20)13-10(3)19(18-17-13)11-6-5-9(2)12(15)8-11/h4-6,8H,1,7H2,2-3H3,(H,16,20). The summed E-state index contributed by atoms with van der Waals surface area (Å²) in [5.41, 5.74) is 1.85. The third-order valence-electron chi connectivity index (χ3n) is 2.92. The molecule has 0 spiro atoms. The molecule has 1 N–H and O–H groups in total. The summed E-state index contributed by atoms with van der Waals surface area (Å²) in [7, 11) is 0. The average Bonchev–Trinajstić information content (AvgIpc) is 2.81. The van der Waals surface area contributed by atoms with Gasteiger partial charge in [0.2, 0.25) is 0 Å². The van der Waals surface area contributed by atoms with Gasteiger partial charge in [0.25, 0.3) is 5.91 Å². The SMILES string of the molecule is C=CCNC(=O)c1nnn(-c2ccc(C)c(F)c2)c1C. The summed E-state index contributed by atoms with van der Waals surface area (Å²) in [5.74, 6) is -0.656. The lowest BCUT2D eigenvalue weighted by Crippen LogP contribution is -2.24. The number of aryl methyl sites for hydroxylation is 1. The monoisotopic (exact) mass is 274 g/mol. The molecule has 0 radical (unpaired) electrons. The zero-order chi connectivity index (χ0) is 14.7. The number of rotatable bonds is 4. The van der Waals surface area contributed by atoms with E-state index in [1.807, 2.05) is 0 Å². The second-order valence-electron chi connectivity index (χ2n) is 4.37. The largest absolute Gasteiger partial charge is 0.347 e. The number of nitrogens with one attached hydrogen (secondary N) is 1. The minimum Gasteiger partial charge on any atom is -0.347 e. The Bertz CT molecular complexity index is 663. The van der Waals surface area contributed by atoms with Gasteiger partial charge in [-0.1, -0.05) is 17.4 Å². The molecule has 20 heavy (non-hydrogen) atoms. The van der Waals surface area contributed by atoms with Crippen LogP contribution in [0.25, 0.3) is 5.69 Å². The van der Waals surface area contributed by atoms with Gasteiger partial charge in [-0.15, -0.1) is 11.7 Å². The van der Waals surface area contributed by atoms with E-state index in [0.29, 0.717) is 23.5 Å². The number of hydrogen-bond acceptors (Lipinski definition) is 3. The first-order valence-electron chi connectivity index (χ1n) is 6.12. The van der Waals surface area contributed by atoms with Gasteiger partial charge in [0.15, 0.2) is 5.69 Å². The lowest BCUT2D eigenvalue weighted by molar-refractivity contribution is 0.0952. The number of aromatic nitrogens is 3.